The van der Waals surface area contributed by atoms with Gasteiger partial charge in [-0.05, 0) is 53.7 Å². The number of amides is 2. The van der Waals surface area contributed by atoms with Gasteiger partial charge in [0.1, 0.15) is 0 Å². The van der Waals surface area contributed by atoms with Gasteiger partial charge in [0.05, 0.1) is 21.1 Å². The zero-order chi connectivity index (χ0) is 15.4. The monoisotopic (exact) mass is 374 g/mol. The predicted octanol–water partition coefficient (Wildman–Crippen LogP) is 3.87. The van der Waals surface area contributed by atoms with Gasteiger partial charge in [0.25, 0.3) is 0 Å². The van der Waals surface area contributed by atoms with Crippen LogP contribution >= 0.6 is 27.5 Å². The minimum Gasteiger partial charge on any atom is -0.481 e. The maximum absolute atomic E-state index is 12.0. The first-order chi connectivity index (χ1) is 9.97. The molecule has 0 bridgehead atoms. The molecule has 1 fully saturated rings. The van der Waals surface area contributed by atoms with Gasteiger partial charge in [-0.2, -0.15) is 0 Å². The van der Waals surface area contributed by atoms with Crippen LogP contribution in [0.1, 0.15) is 25.7 Å². The van der Waals surface area contributed by atoms with Crippen LogP contribution in [-0.2, 0) is 4.79 Å². The van der Waals surface area contributed by atoms with E-state index in [2.05, 4.69) is 26.6 Å². The molecule has 2 amide bonds. The van der Waals surface area contributed by atoms with Gasteiger partial charge < -0.3 is 15.7 Å². The van der Waals surface area contributed by atoms with Crippen LogP contribution < -0.4 is 10.6 Å². The molecule has 7 heteroatoms. The standard InChI is InChI=1S/C14H16BrClN2O3/c15-12-10(16)2-1-3-11(12)18-14(21)17-9-6-4-8(5-7-9)13(19)20/h1-3,8-9H,4-7H2,(H,19,20)(H2,17,18,21). The fraction of sp³-hybridized carbons (Fsp3) is 0.429. The Morgan fingerprint density at radius 3 is 2.52 bits per heavy atom. The van der Waals surface area contributed by atoms with E-state index in [9.17, 15) is 9.59 Å². The first-order valence-electron chi connectivity index (χ1n) is 6.71. The zero-order valence-electron chi connectivity index (χ0n) is 11.2. The Morgan fingerprint density at radius 2 is 1.90 bits per heavy atom. The second kappa shape index (κ2) is 7.13. The summed E-state index contributed by atoms with van der Waals surface area (Å²) in [6, 6.07) is 4.93. The number of hydrogen-bond donors (Lipinski definition) is 3. The second-order valence-electron chi connectivity index (χ2n) is 5.09. The molecule has 0 atom stereocenters. The number of carboxylic acids is 1. The Bertz CT molecular complexity index is 545. The van der Waals surface area contributed by atoms with Crippen LogP contribution in [0.15, 0.2) is 22.7 Å². The topological polar surface area (TPSA) is 78.4 Å². The van der Waals surface area contributed by atoms with E-state index in [1.807, 2.05) is 0 Å². The van der Waals surface area contributed by atoms with Crippen molar-refractivity contribution in [1.29, 1.82) is 0 Å². The van der Waals surface area contributed by atoms with E-state index < -0.39 is 5.97 Å². The minimum atomic E-state index is -0.749. The van der Waals surface area contributed by atoms with Crippen LogP contribution in [0.5, 0.6) is 0 Å². The first-order valence-corrected chi connectivity index (χ1v) is 7.89. The van der Waals surface area contributed by atoms with Crippen molar-refractivity contribution in [1.82, 2.24) is 5.32 Å². The van der Waals surface area contributed by atoms with Crippen LogP contribution in [0.2, 0.25) is 5.02 Å². The summed E-state index contributed by atoms with van der Waals surface area (Å²) in [5.41, 5.74) is 0.597. The maximum atomic E-state index is 12.0. The van der Waals surface area contributed by atoms with Crippen LogP contribution in [0.4, 0.5) is 10.5 Å². The number of carboxylic acid groups (broad SMARTS) is 1. The molecule has 3 N–H and O–H groups in total. The number of carbonyl (C=O) groups excluding carboxylic acids is 1. The fourth-order valence-electron chi connectivity index (χ4n) is 2.43. The number of halogens is 2. The molecule has 21 heavy (non-hydrogen) atoms. The van der Waals surface area contributed by atoms with E-state index in [-0.39, 0.29) is 18.0 Å². The molecule has 0 saturated heterocycles. The van der Waals surface area contributed by atoms with Crippen molar-refractivity contribution >= 4 is 45.2 Å². The molecule has 1 aliphatic rings. The summed E-state index contributed by atoms with van der Waals surface area (Å²) in [5, 5.41) is 15.1. The molecule has 5 nitrogen and oxygen atoms in total. The molecular formula is C14H16BrClN2O3. The lowest BCUT2D eigenvalue weighted by molar-refractivity contribution is -0.142. The highest BCUT2D eigenvalue weighted by Crippen LogP contribution is 2.30. The number of nitrogens with one attached hydrogen (secondary N) is 2. The van der Waals surface area contributed by atoms with E-state index in [1.165, 1.54) is 0 Å². The first kappa shape index (κ1) is 16.1. The van der Waals surface area contributed by atoms with E-state index in [0.717, 1.165) is 0 Å². The van der Waals surface area contributed by atoms with Gasteiger partial charge >= 0.3 is 12.0 Å². The average molecular weight is 376 g/mol. The van der Waals surface area contributed by atoms with Gasteiger partial charge in [0, 0.05) is 6.04 Å². The third-order valence-electron chi connectivity index (χ3n) is 3.61. The average Bonchev–Trinajstić information content (AvgIpc) is 2.44. The summed E-state index contributed by atoms with van der Waals surface area (Å²) in [6.07, 6.45) is 2.56. The number of anilines is 1. The number of rotatable bonds is 3. The lowest BCUT2D eigenvalue weighted by Crippen LogP contribution is -2.41. The number of benzene rings is 1. The summed E-state index contributed by atoms with van der Waals surface area (Å²) in [7, 11) is 0. The van der Waals surface area contributed by atoms with Crippen LogP contribution in [0.3, 0.4) is 0 Å². The van der Waals surface area contributed by atoms with Gasteiger partial charge in [0.2, 0.25) is 0 Å². The highest BCUT2D eigenvalue weighted by atomic mass is 79.9. The molecule has 114 valence electrons. The number of urea groups is 1. The molecule has 0 aliphatic heterocycles. The molecule has 1 saturated carbocycles. The molecule has 0 spiro atoms. The van der Waals surface area contributed by atoms with E-state index in [4.69, 9.17) is 16.7 Å². The van der Waals surface area contributed by atoms with Crippen LogP contribution in [-0.4, -0.2) is 23.1 Å². The Kier molecular flexibility index (Phi) is 5.47. The van der Waals surface area contributed by atoms with Gasteiger partial charge in [-0.1, -0.05) is 17.7 Å². The van der Waals surface area contributed by atoms with E-state index in [0.29, 0.717) is 40.9 Å². The van der Waals surface area contributed by atoms with E-state index in [1.54, 1.807) is 18.2 Å². The SMILES string of the molecule is O=C(Nc1cccc(Cl)c1Br)NC1CCC(C(=O)O)CC1. The number of hydrogen-bond acceptors (Lipinski definition) is 2. The lowest BCUT2D eigenvalue weighted by atomic mass is 9.86. The van der Waals surface area contributed by atoms with Crippen molar-refractivity contribution in [3.05, 3.63) is 27.7 Å². The van der Waals surface area contributed by atoms with Gasteiger partial charge in [-0.25, -0.2) is 4.79 Å². The Morgan fingerprint density at radius 1 is 1.24 bits per heavy atom. The predicted molar refractivity (Wildman–Crippen MR) is 84.7 cm³/mol. The third kappa shape index (κ3) is 4.35. The Labute approximate surface area is 136 Å². The summed E-state index contributed by atoms with van der Waals surface area (Å²) in [5.74, 6) is -1.03. The summed E-state index contributed by atoms with van der Waals surface area (Å²) in [6.45, 7) is 0. The molecule has 1 aliphatic carbocycles. The van der Waals surface area contributed by atoms with Crippen molar-refractivity contribution in [2.24, 2.45) is 5.92 Å². The molecule has 1 aromatic rings. The molecule has 0 heterocycles. The summed E-state index contributed by atoms with van der Waals surface area (Å²) >= 11 is 9.28. The van der Waals surface area contributed by atoms with E-state index >= 15 is 0 Å². The molecule has 1 aromatic carbocycles. The molecule has 2 rings (SSSR count). The van der Waals surface area contributed by atoms with Gasteiger partial charge in [-0.3, -0.25) is 4.79 Å². The van der Waals surface area contributed by atoms with Crippen molar-refractivity contribution in [2.75, 3.05) is 5.32 Å². The smallest absolute Gasteiger partial charge is 0.319 e. The largest absolute Gasteiger partial charge is 0.481 e. The summed E-state index contributed by atoms with van der Waals surface area (Å²) in [4.78, 5) is 22.8. The van der Waals surface area contributed by atoms with Gasteiger partial charge in [0.15, 0.2) is 0 Å². The molecule has 0 unspecified atom stereocenters. The third-order valence-corrected chi connectivity index (χ3v) is 5.01. The normalized spacial score (nSPS) is 21.6. The van der Waals surface area contributed by atoms with Gasteiger partial charge in [-0.15, -0.1) is 0 Å². The molecule has 0 radical (unpaired) electrons. The minimum absolute atomic E-state index is 0.0126. The van der Waals surface area contributed by atoms with Crippen molar-refractivity contribution in [2.45, 2.75) is 31.7 Å². The van der Waals surface area contributed by atoms with Crippen molar-refractivity contribution in [3.63, 3.8) is 0 Å². The van der Waals surface area contributed by atoms with Crippen LogP contribution in [0, 0.1) is 5.92 Å². The molecule has 0 aromatic heterocycles. The van der Waals surface area contributed by atoms with Crippen LogP contribution in [0.25, 0.3) is 0 Å². The number of carbonyl (C=O) groups is 2. The Hall–Kier alpha value is -1.27. The van der Waals surface area contributed by atoms with Crippen molar-refractivity contribution in [3.8, 4) is 0 Å². The highest BCUT2D eigenvalue weighted by Gasteiger charge is 2.26. The lowest BCUT2D eigenvalue weighted by Gasteiger charge is -2.26. The quantitative estimate of drug-likeness (QED) is 0.750. The highest BCUT2D eigenvalue weighted by molar-refractivity contribution is 9.10. The fourth-order valence-corrected chi connectivity index (χ4v) is 2.97. The second-order valence-corrected chi connectivity index (χ2v) is 6.29. The summed E-state index contributed by atoms with van der Waals surface area (Å²) < 4.78 is 0.636. The number of aliphatic carboxylic acids is 1. The molecular weight excluding hydrogens is 360 g/mol. The maximum Gasteiger partial charge on any atom is 0.319 e. The van der Waals surface area contributed by atoms with Crippen molar-refractivity contribution < 1.29 is 14.7 Å². The Balaban J connectivity index is 1.86. The zero-order valence-corrected chi connectivity index (χ0v) is 13.6.